The number of para-hydroxylation sites is 1. The zero-order valence-electron chi connectivity index (χ0n) is 15.2. The maximum atomic E-state index is 12.1. The second-order valence-electron chi connectivity index (χ2n) is 5.74. The molecule has 7 nitrogen and oxygen atoms in total. The van der Waals surface area contributed by atoms with Gasteiger partial charge in [-0.15, -0.1) is 11.3 Å². The number of amides is 2. The predicted molar refractivity (Wildman–Crippen MR) is 105 cm³/mol. The lowest BCUT2D eigenvalue weighted by Gasteiger charge is -2.06. The molecule has 30 heavy (non-hydrogen) atoms. The Morgan fingerprint density at radius 3 is 2.53 bits per heavy atom. The number of benzene rings is 2. The van der Waals surface area contributed by atoms with Gasteiger partial charge in [-0.2, -0.15) is 8.78 Å². The Hall–Kier alpha value is -3.66. The first-order valence-corrected chi connectivity index (χ1v) is 9.32. The standard InChI is InChI=1S/C20H14F2N2O5S/c21-20(22)29-13-7-5-12(6-8-13)19(27)24-16(25)11-28-18(26)10-9-17-23-14-3-1-2-4-15(14)30-17/h1-10,20H,11H2,(H,24,25,27). The fraction of sp³-hybridized carbons (Fsp3) is 0.100. The third-order valence-corrected chi connectivity index (χ3v) is 4.61. The van der Waals surface area contributed by atoms with Crippen LogP contribution in [-0.4, -0.2) is 36.0 Å². The number of carbonyl (C=O) groups excluding carboxylic acids is 3. The van der Waals surface area contributed by atoms with Gasteiger partial charge in [0.25, 0.3) is 11.8 Å². The van der Waals surface area contributed by atoms with Gasteiger partial charge in [0.15, 0.2) is 6.61 Å². The maximum Gasteiger partial charge on any atom is 0.387 e. The van der Waals surface area contributed by atoms with Crippen molar-refractivity contribution in [2.24, 2.45) is 0 Å². The van der Waals surface area contributed by atoms with Crippen molar-refractivity contribution in [3.8, 4) is 5.75 Å². The molecule has 0 aliphatic heterocycles. The molecule has 0 radical (unpaired) electrons. The zero-order chi connectivity index (χ0) is 21.5. The third kappa shape index (κ3) is 5.92. The van der Waals surface area contributed by atoms with E-state index in [9.17, 15) is 23.2 Å². The van der Waals surface area contributed by atoms with Crippen LogP contribution < -0.4 is 10.1 Å². The molecule has 0 fully saturated rings. The number of hydrogen-bond donors (Lipinski definition) is 1. The molecular weight excluding hydrogens is 418 g/mol. The number of halogens is 2. The van der Waals surface area contributed by atoms with Gasteiger partial charge in [0.2, 0.25) is 0 Å². The molecule has 0 saturated heterocycles. The summed E-state index contributed by atoms with van der Waals surface area (Å²) in [5.41, 5.74) is 0.856. The van der Waals surface area contributed by atoms with Crippen LogP contribution in [0.15, 0.2) is 54.6 Å². The van der Waals surface area contributed by atoms with Crippen LogP contribution in [0.5, 0.6) is 5.75 Å². The SMILES string of the molecule is O=C(COC(=O)C=Cc1nc2ccccc2s1)NC(=O)c1ccc(OC(F)F)cc1. The Morgan fingerprint density at radius 2 is 1.83 bits per heavy atom. The summed E-state index contributed by atoms with van der Waals surface area (Å²) in [7, 11) is 0. The van der Waals surface area contributed by atoms with Crippen molar-refractivity contribution in [1.82, 2.24) is 10.3 Å². The normalized spacial score (nSPS) is 11.0. The molecule has 2 amide bonds. The molecule has 2 aromatic carbocycles. The summed E-state index contributed by atoms with van der Waals surface area (Å²) in [6, 6.07) is 12.3. The lowest BCUT2D eigenvalue weighted by molar-refractivity contribution is -0.143. The monoisotopic (exact) mass is 432 g/mol. The van der Waals surface area contributed by atoms with Gasteiger partial charge in [0, 0.05) is 11.6 Å². The Kier molecular flexibility index (Phi) is 6.81. The van der Waals surface area contributed by atoms with Gasteiger partial charge >= 0.3 is 12.6 Å². The molecule has 154 valence electrons. The van der Waals surface area contributed by atoms with Crippen molar-refractivity contribution in [2.45, 2.75) is 6.61 Å². The van der Waals surface area contributed by atoms with Gasteiger partial charge in [-0.3, -0.25) is 14.9 Å². The molecule has 3 rings (SSSR count). The Labute approximate surface area is 172 Å². The molecule has 1 aromatic heterocycles. The van der Waals surface area contributed by atoms with E-state index in [0.717, 1.165) is 16.3 Å². The minimum absolute atomic E-state index is 0.0482. The second kappa shape index (κ2) is 9.70. The van der Waals surface area contributed by atoms with Crippen LogP contribution in [0.2, 0.25) is 0 Å². The van der Waals surface area contributed by atoms with E-state index >= 15 is 0 Å². The smallest absolute Gasteiger partial charge is 0.387 e. The summed E-state index contributed by atoms with van der Waals surface area (Å²) in [6.45, 7) is -3.65. The lowest BCUT2D eigenvalue weighted by Crippen LogP contribution is -2.34. The van der Waals surface area contributed by atoms with E-state index in [1.807, 2.05) is 29.6 Å². The number of thiazole rings is 1. The summed E-state index contributed by atoms with van der Waals surface area (Å²) < 4.78 is 34.1. The van der Waals surface area contributed by atoms with E-state index in [2.05, 4.69) is 9.72 Å². The van der Waals surface area contributed by atoms with Gasteiger partial charge in [0.05, 0.1) is 10.2 Å². The molecule has 0 atom stereocenters. The first-order chi connectivity index (χ1) is 14.4. The highest BCUT2D eigenvalue weighted by Gasteiger charge is 2.13. The van der Waals surface area contributed by atoms with Gasteiger partial charge < -0.3 is 9.47 Å². The third-order valence-electron chi connectivity index (χ3n) is 3.61. The minimum atomic E-state index is -2.98. The van der Waals surface area contributed by atoms with Crippen LogP contribution in [0.4, 0.5) is 8.78 Å². The van der Waals surface area contributed by atoms with Gasteiger partial charge in [0.1, 0.15) is 10.8 Å². The van der Waals surface area contributed by atoms with Crippen molar-refractivity contribution in [3.63, 3.8) is 0 Å². The molecule has 0 bridgehead atoms. The first-order valence-electron chi connectivity index (χ1n) is 8.50. The number of rotatable bonds is 7. The number of nitrogens with one attached hydrogen (secondary N) is 1. The summed E-state index contributed by atoms with van der Waals surface area (Å²) in [6.07, 6.45) is 2.60. The van der Waals surface area contributed by atoms with Gasteiger partial charge in [-0.05, 0) is 42.5 Å². The molecular formula is C20H14F2N2O5S. The van der Waals surface area contributed by atoms with E-state index in [4.69, 9.17) is 4.74 Å². The fourth-order valence-electron chi connectivity index (χ4n) is 2.31. The number of carbonyl (C=O) groups is 3. The summed E-state index contributed by atoms with van der Waals surface area (Å²) in [5.74, 6) is -2.51. The van der Waals surface area contributed by atoms with E-state index in [1.54, 1.807) is 0 Å². The lowest BCUT2D eigenvalue weighted by atomic mass is 10.2. The quantitative estimate of drug-likeness (QED) is 0.454. The summed E-state index contributed by atoms with van der Waals surface area (Å²) in [4.78, 5) is 39.8. The fourth-order valence-corrected chi connectivity index (χ4v) is 3.18. The molecule has 1 heterocycles. The van der Waals surface area contributed by atoms with E-state index < -0.39 is 31.0 Å². The van der Waals surface area contributed by atoms with Crippen LogP contribution in [0, 0.1) is 0 Å². The van der Waals surface area contributed by atoms with Gasteiger partial charge in [-0.25, -0.2) is 9.78 Å². The molecule has 0 spiro atoms. The molecule has 1 N–H and O–H groups in total. The number of ether oxygens (including phenoxy) is 2. The minimum Gasteiger partial charge on any atom is -0.452 e. The average Bonchev–Trinajstić information content (AvgIpc) is 3.14. The number of imide groups is 1. The topological polar surface area (TPSA) is 94.6 Å². The van der Waals surface area contributed by atoms with Crippen molar-refractivity contribution < 1.29 is 32.6 Å². The number of nitrogens with zero attached hydrogens (tertiary/aromatic N) is 1. The Morgan fingerprint density at radius 1 is 1.10 bits per heavy atom. The second-order valence-corrected chi connectivity index (χ2v) is 6.80. The summed E-state index contributed by atoms with van der Waals surface area (Å²) in [5, 5.41) is 2.63. The number of esters is 1. The van der Waals surface area contributed by atoms with E-state index in [-0.39, 0.29) is 11.3 Å². The Bertz CT molecular complexity index is 1060. The number of hydrogen-bond acceptors (Lipinski definition) is 7. The molecule has 0 aliphatic carbocycles. The molecule has 0 saturated carbocycles. The van der Waals surface area contributed by atoms with Crippen LogP contribution in [0.3, 0.4) is 0 Å². The van der Waals surface area contributed by atoms with Crippen molar-refractivity contribution in [1.29, 1.82) is 0 Å². The van der Waals surface area contributed by atoms with E-state index in [0.29, 0.717) is 5.01 Å². The van der Waals surface area contributed by atoms with Gasteiger partial charge in [-0.1, -0.05) is 12.1 Å². The number of aromatic nitrogens is 1. The van der Waals surface area contributed by atoms with Crippen LogP contribution in [0.1, 0.15) is 15.4 Å². The predicted octanol–water partition coefficient (Wildman–Crippen LogP) is 3.41. The first kappa shape index (κ1) is 21.1. The average molecular weight is 432 g/mol. The number of alkyl halides is 2. The van der Waals surface area contributed by atoms with Crippen molar-refractivity contribution in [2.75, 3.05) is 6.61 Å². The maximum absolute atomic E-state index is 12.1. The molecule has 10 heteroatoms. The number of fused-ring (bicyclic) bond motifs is 1. The van der Waals surface area contributed by atoms with Crippen molar-refractivity contribution >= 4 is 45.4 Å². The highest BCUT2D eigenvalue weighted by atomic mass is 32.1. The van der Waals surface area contributed by atoms with Crippen LogP contribution >= 0.6 is 11.3 Å². The molecule has 3 aromatic rings. The largest absolute Gasteiger partial charge is 0.452 e. The molecule has 0 aliphatic rings. The zero-order valence-corrected chi connectivity index (χ0v) is 16.0. The van der Waals surface area contributed by atoms with Crippen molar-refractivity contribution in [3.05, 3.63) is 65.2 Å². The van der Waals surface area contributed by atoms with Crippen LogP contribution in [0.25, 0.3) is 16.3 Å². The summed E-state index contributed by atoms with van der Waals surface area (Å²) >= 11 is 1.39. The molecule has 0 unspecified atom stereocenters. The highest BCUT2D eigenvalue weighted by molar-refractivity contribution is 7.19. The van der Waals surface area contributed by atoms with E-state index in [1.165, 1.54) is 41.7 Å². The Balaban J connectivity index is 1.46. The highest BCUT2D eigenvalue weighted by Crippen LogP contribution is 2.22. The van der Waals surface area contributed by atoms with Crippen LogP contribution in [-0.2, 0) is 14.3 Å².